The molecule has 0 aliphatic heterocycles. The SMILES string of the molecule is CCn1ccnc1C(=O)C(C)O. The number of carbonyl (C=O) groups excluding carboxylic acids is 1. The molecule has 12 heavy (non-hydrogen) atoms. The Morgan fingerprint density at radius 2 is 2.50 bits per heavy atom. The maximum Gasteiger partial charge on any atom is 0.226 e. The van der Waals surface area contributed by atoms with Crippen molar-refractivity contribution in [3.05, 3.63) is 18.2 Å². The first-order chi connectivity index (χ1) is 5.66. The highest BCUT2D eigenvalue weighted by Crippen LogP contribution is 2.01. The van der Waals surface area contributed by atoms with Gasteiger partial charge in [0.2, 0.25) is 5.78 Å². The first-order valence-electron chi connectivity index (χ1n) is 3.90. The molecule has 0 aliphatic carbocycles. The van der Waals surface area contributed by atoms with Crippen molar-refractivity contribution in [2.75, 3.05) is 0 Å². The molecule has 0 spiro atoms. The number of nitrogens with zero attached hydrogens (tertiary/aromatic N) is 2. The van der Waals surface area contributed by atoms with Crippen LogP contribution >= 0.6 is 0 Å². The zero-order valence-corrected chi connectivity index (χ0v) is 7.19. The van der Waals surface area contributed by atoms with E-state index in [2.05, 4.69) is 4.98 Å². The molecule has 4 nitrogen and oxygen atoms in total. The predicted octanol–water partition coefficient (Wildman–Crippen LogP) is 0.466. The molecule has 0 bridgehead atoms. The number of carbonyl (C=O) groups is 1. The minimum absolute atomic E-state index is 0.326. The Morgan fingerprint density at radius 1 is 1.83 bits per heavy atom. The lowest BCUT2D eigenvalue weighted by atomic mass is 10.2. The van der Waals surface area contributed by atoms with Crippen LogP contribution in [0.15, 0.2) is 12.4 Å². The van der Waals surface area contributed by atoms with Crippen LogP contribution in [0.5, 0.6) is 0 Å². The molecule has 0 aromatic carbocycles. The molecule has 0 fully saturated rings. The molecular weight excluding hydrogens is 156 g/mol. The molecule has 0 saturated heterocycles. The number of ketones is 1. The smallest absolute Gasteiger partial charge is 0.226 e. The van der Waals surface area contributed by atoms with Crippen molar-refractivity contribution >= 4 is 5.78 Å². The van der Waals surface area contributed by atoms with E-state index in [1.165, 1.54) is 6.92 Å². The third kappa shape index (κ3) is 1.53. The molecule has 1 rings (SSSR count). The number of hydrogen-bond donors (Lipinski definition) is 1. The van der Waals surface area contributed by atoms with E-state index in [0.29, 0.717) is 12.4 Å². The van der Waals surface area contributed by atoms with Gasteiger partial charge in [-0.15, -0.1) is 0 Å². The van der Waals surface area contributed by atoms with Gasteiger partial charge in [-0.3, -0.25) is 4.79 Å². The summed E-state index contributed by atoms with van der Waals surface area (Å²) in [6, 6.07) is 0. The van der Waals surface area contributed by atoms with Crippen LogP contribution in [-0.2, 0) is 6.54 Å². The number of rotatable bonds is 3. The van der Waals surface area contributed by atoms with Crippen molar-refractivity contribution in [2.45, 2.75) is 26.5 Å². The molecule has 0 saturated carbocycles. The molecule has 1 atom stereocenters. The first kappa shape index (κ1) is 8.93. The van der Waals surface area contributed by atoms with E-state index in [-0.39, 0.29) is 5.78 Å². The second kappa shape index (κ2) is 3.49. The summed E-state index contributed by atoms with van der Waals surface area (Å²) in [6.07, 6.45) is 2.30. The van der Waals surface area contributed by atoms with Gasteiger partial charge in [-0.05, 0) is 13.8 Å². The van der Waals surface area contributed by atoms with Gasteiger partial charge in [0.05, 0.1) is 0 Å². The lowest BCUT2D eigenvalue weighted by Gasteiger charge is -2.04. The van der Waals surface area contributed by atoms with E-state index in [1.54, 1.807) is 17.0 Å². The van der Waals surface area contributed by atoms with Gasteiger partial charge in [0.15, 0.2) is 5.82 Å². The van der Waals surface area contributed by atoms with E-state index in [4.69, 9.17) is 5.11 Å². The van der Waals surface area contributed by atoms with Crippen LogP contribution in [-0.4, -0.2) is 26.5 Å². The number of hydrogen-bond acceptors (Lipinski definition) is 3. The molecule has 0 amide bonds. The van der Waals surface area contributed by atoms with Gasteiger partial charge in [-0.2, -0.15) is 0 Å². The van der Waals surface area contributed by atoms with Gasteiger partial charge in [0.1, 0.15) is 6.10 Å². The van der Waals surface area contributed by atoms with Gasteiger partial charge in [0, 0.05) is 18.9 Å². The molecule has 1 heterocycles. The van der Waals surface area contributed by atoms with Crippen molar-refractivity contribution in [3.63, 3.8) is 0 Å². The van der Waals surface area contributed by atoms with E-state index in [0.717, 1.165) is 0 Å². The third-order valence-corrected chi connectivity index (χ3v) is 1.66. The van der Waals surface area contributed by atoms with Crippen LogP contribution < -0.4 is 0 Å². The summed E-state index contributed by atoms with van der Waals surface area (Å²) < 4.78 is 1.70. The summed E-state index contributed by atoms with van der Waals surface area (Å²) in [5.74, 6) is -0.00523. The second-order valence-corrected chi connectivity index (χ2v) is 2.58. The number of aryl methyl sites for hydroxylation is 1. The summed E-state index contributed by atoms with van der Waals surface area (Å²) in [4.78, 5) is 15.1. The topological polar surface area (TPSA) is 55.1 Å². The average molecular weight is 168 g/mol. The molecule has 0 radical (unpaired) electrons. The predicted molar refractivity (Wildman–Crippen MR) is 43.9 cm³/mol. The number of Topliss-reactive ketones (excluding diaryl/α,β-unsaturated/α-hetero) is 1. The van der Waals surface area contributed by atoms with Crippen LogP contribution in [0.4, 0.5) is 0 Å². The molecule has 1 aromatic heterocycles. The van der Waals surface area contributed by atoms with Crippen LogP contribution in [0.1, 0.15) is 24.5 Å². The van der Waals surface area contributed by atoms with Crippen molar-refractivity contribution in [1.82, 2.24) is 9.55 Å². The zero-order valence-electron chi connectivity index (χ0n) is 7.19. The fourth-order valence-electron chi connectivity index (χ4n) is 0.976. The Bertz CT molecular complexity index is 278. The fraction of sp³-hybridized carbons (Fsp3) is 0.500. The molecule has 1 N–H and O–H groups in total. The monoisotopic (exact) mass is 168 g/mol. The third-order valence-electron chi connectivity index (χ3n) is 1.66. The Balaban J connectivity index is 2.94. The molecule has 66 valence electrons. The number of imidazole rings is 1. The highest BCUT2D eigenvalue weighted by atomic mass is 16.3. The van der Waals surface area contributed by atoms with E-state index < -0.39 is 6.10 Å². The van der Waals surface area contributed by atoms with Crippen molar-refractivity contribution in [2.24, 2.45) is 0 Å². The number of aliphatic hydroxyl groups excluding tert-OH is 1. The summed E-state index contributed by atoms with van der Waals surface area (Å²) in [5.41, 5.74) is 0. The Hall–Kier alpha value is -1.16. The lowest BCUT2D eigenvalue weighted by Crippen LogP contribution is -2.20. The quantitative estimate of drug-likeness (QED) is 0.667. The van der Waals surface area contributed by atoms with E-state index in [9.17, 15) is 4.79 Å². The minimum Gasteiger partial charge on any atom is -0.385 e. The van der Waals surface area contributed by atoms with Crippen LogP contribution in [0.3, 0.4) is 0 Å². The highest BCUT2D eigenvalue weighted by molar-refractivity contribution is 5.95. The van der Waals surface area contributed by atoms with Gasteiger partial charge in [-0.1, -0.05) is 0 Å². The summed E-state index contributed by atoms with van der Waals surface area (Å²) in [7, 11) is 0. The summed E-state index contributed by atoms with van der Waals surface area (Å²) in [6.45, 7) is 4.05. The maximum atomic E-state index is 11.3. The van der Waals surface area contributed by atoms with Crippen molar-refractivity contribution in [1.29, 1.82) is 0 Å². The maximum absolute atomic E-state index is 11.3. The first-order valence-corrected chi connectivity index (χ1v) is 3.90. The number of aliphatic hydroxyl groups is 1. The average Bonchev–Trinajstić information content (AvgIpc) is 2.49. The van der Waals surface area contributed by atoms with Gasteiger partial charge >= 0.3 is 0 Å². The molecule has 4 heteroatoms. The van der Waals surface area contributed by atoms with Crippen molar-refractivity contribution in [3.8, 4) is 0 Å². The summed E-state index contributed by atoms with van der Waals surface area (Å²) in [5, 5.41) is 9.01. The standard InChI is InChI=1S/C8H12N2O2/c1-3-10-5-4-9-8(10)7(12)6(2)11/h4-6,11H,3H2,1-2H3. The van der Waals surface area contributed by atoms with E-state index >= 15 is 0 Å². The van der Waals surface area contributed by atoms with E-state index in [1.807, 2.05) is 6.92 Å². The Labute approximate surface area is 70.9 Å². The van der Waals surface area contributed by atoms with Gasteiger partial charge < -0.3 is 9.67 Å². The molecule has 0 aliphatic rings. The van der Waals surface area contributed by atoms with Crippen LogP contribution in [0.2, 0.25) is 0 Å². The summed E-state index contributed by atoms with van der Waals surface area (Å²) >= 11 is 0. The second-order valence-electron chi connectivity index (χ2n) is 2.58. The van der Waals surface area contributed by atoms with Crippen LogP contribution in [0, 0.1) is 0 Å². The lowest BCUT2D eigenvalue weighted by molar-refractivity contribution is 0.0764. The zero-order chi connectivity index (χ0) is 9.14. The number of aromatic nitrogens is 2. The minimum atomic E-state index is -0.974. The Morgan fingerprint density at radius 3 is 3.00 bits per heavy atom. The van der Waals surface area contributed by atoms with Gasteiger partial charge in [0.25, 0.3) is 0 Å². The van der Waals surface area contributed by atoms with Gasteiger partial charge in [-0.25, -0.2) is 4.98 Å². The molecule has 1 aromatic rings. The largest absolute Gasteiger partial charge is 0.385 e. The normalized spacial score (nSPS) is 12.9. The Kier molecular flexibility index (Phi) is 2.60. The highest BCUT2D eigenvalue weighted by Gasteiger charge is 2.16. The van der Waals surface area contributed by atoms with Crippen molar-refractivity contribution < 1.29 is 9.90 Å². The molecular formula is C8H12N2O2. The molecule has 1 unspecified atom stereocenters. The van der Waals surface area contributed by atoms with Crippen LogP contribution in [0.25, 0.3) is 0 Å². The fourth-order valence-corrected chi connectivity index (χ4v) is 0.976.